The minimum atomic E-state index is -0.289. The first-order valence-electron chi connectivity index (χ1n) is 9.96. The van der Waals surface area contributed by atoms with E-state index in [1.807, 2.05) is 42.5 Å². The zero-order chi connectivity index (χ0) is 20.2. The lowest BCUT2D eigenvalue weighted by Gasteiger charge is -2.36. The summed E-state index contributed by atoms with van der Waals surface area (Å²) in [5.74, 6) is -0.233. The van der Waals surface area contributed by atoms with Gasteiger partial charge in [-0.05, 0) is 30.8 Å². The van der Waals surface area contributed by atoms with Crippen LogP contribution in [0.3, 0.4) is 0 Å². The zero-order valence-corrected chi connectivity index (χ0v) is 16.5. The number of carbonyl (C=O) groups excluding carboxylic acids is 1. The van der Waals surface area contributed by atoms with E-state index in [1.165, 1.54) is 10.8 Å². The minimum Gasteiger partial charge on any atom is -0.367 e. The van der Waals surface area contributed by atoms with E-state index < -0.39 is 0 Å². The van der Waals surface area contributed by atoms with E-state index >= 15 is 0 Å². The largest absolute Gasteiger partial charge is 0.367 e. The van der Waals surface area contributed by atoms with Gasteiger partial charge in [-0.2, -0.15) is 0 Å². The van der Waals surface area contributed by atoms with E-state index in [0.29, 0.717) is 11.0 Å². The molecule has 0 saturated carbocycles. The molecule has 0 bridgehead atoms. The standard InChI is InChI=1S/C22H25N5O2/c1-2-25-11-13-26(14-12-25)19-9-5-4-8-18(19)24-21(28)16-27-20-10-6-3-7-17(20)23-15-22(27)29/h3-10,15H,2,11-14,16H2,1H3,(H,24,28). The van der Waals surface area contributed by atoms with Gasteiger partial charge in [0.25, 0.3) is 5.56 Å². The second-order valence-corrected chi connectivity index (χ2v) is 7.16. The molecule has 29 heavy (non-hydrogen) atoms. The molecule has 0 unspecified atom stereocenters. The summed E-state index contributed by atoms with van der Waals surface area (Å²) in [7, 11) is 0. The molecule has 1 aliphatic heterocycles. The second-order valence-electron chi connectivity index (χ2n) is 7.16. The summed E-state index contributed by atoms with van der Waals surface area (Å²) in [4.78, 5) is 34.0. The number of nitrogens with zero attached hydrogens (tertiary/aromatic N) is 4. The highest BCUT2D eigenvalue weighted by Gasteiger charge is 2.19. The highest BCUT2D eigenvalue weighted by molar-refractivity contribution is 5.95. The lowest BCUT2D eigenvalue weighted by atomic mass is 10.2. The van der Waals surface area contributed by atoms with Gasteiger partial charge in [-0.25, -0.2) is 4.98 Å². The Bertz CT molecular complexity index is 1070. The van der Waals surface area contributed by atoms with Crippen LogP contribution in [-0.4, -0.2) is 53.1 Å². The summed E-state index contributed by atoms with van der Waals surface area (Å²) >= 11 is 0. The molecule has 7 nitrogen and oxygen atoms in total. The number of carbonyl (C=O) groups is 1. The fraction of sp³-hybridized carbons (Fsp3) is 0.318. The Balaban J connectivity index is 1.53. The van der Waals surface area contributed by atoms with Gasteiger partial charge in [0.1, 0.15) is 6.54 Å². The molecule has 2 heterocycles. The Morgan fingerprint density at radius 1 is 1.03 bits per heavy atom. The fourth-order valence-electron chi connectivity index (χ4n) is 3.77. The SMILES string of the molecule is CCN1CCN(c2ccccc2NC(=O)Cn2c(=O)cnc3ccccc32)CC1. The maximum absolute atomic E-state index is 12.8. The van der Waals surface area contributed by atoms with E-state index in [9.17, 15) is 9.59 Å². The Hall–Kier alpha value is -3.19. The summed E-state index contributed by atoms with van der Waals surface area (Å²) < 4.78 is 1.46. The average molecular weight is 391 g/mol. The first kappa shape index (κ1) is 19.1. The first-order valence-corrected chi connectivity index (χ1v) is 9.96. The number of piperazine rings is 1. The van der Waals surface area contributed by atoms with Crippen LogP contribution in [0.2, 0.25) is 0 Å². The third kappa shape index (κ3) is 4.14. The van der Waals surface area contributed by atoms with Crippen molar-refractivity contribution < 1.29 is 4.79 Å². The van der Waals surface area contributed by atoms with Gasteiger partial charge in [-0.3, -0.25) is 14.2 Å². The van der Waals surface area contributed by atoms with Gasteiger partial charge < -0.3 is 15.1 Å². The van der Waals surface area contributed by atoms with Gasteiger partial charge in [0, 0.05) is 26.2 Å². The third-order valence-corrected chi connectivity index (χ3v) is 5.39. The molecule has 1 saturated heterocycles. The summed E-state index contributed by atoms with van der Waals surface area (Å²) in [6.07, 6.45) is 1.26. The lowest BCUT2D eigenvalue weighted by molar-refractivity contribution is -0.116. The summed E-state index contributed by atoms with van der Waals surface area (Å²) in [6, 6.07) is 15.2. The molecule has 1 aromatic heterocycles. The molecule has 1 fully saturated rings. The Kier molecular flexibility index (Phi) is 5.57. The number of aromatic nitrogens is 2. The highest BCUT2D eigenvalue weighted by atomic mass is 16.2. The monoisotopic (exact) mass is 391 g/mol. The number of amides is 1. The van der Waals surface area contributed by atoms with Gasteiger partial charge >= 0.3 is 0 Å². The summed E-state index contributed by atoms with van der Waals surface area (Å²) in [5, 5.41) is 3.00. The van der Waals surface area contributed by atoms with Gasteiger partial charge in [-0.1, -0.05) is 31.2 Å². The van der Waals surface area contributed by atoms with Crippen molar-refractivity contribution in [2.45, 2.75) is 13.5 Å². The van der Waals surface area contributed by atoms with Crippen molar-refractivity contribution in [3.8, 4) is 0 Å². The Morgan fingerprint density at radius 2 is 1.76 bits per heavy atom. The summed E-state index contributed by atoms with van der Waals surface area (Å²) in [5.41, 5.74) is 2.84. The average Bonchev–Trinajstić information content (AvgIpc) is 2.76. The quantitative estimate of drug-likeness (QED) is 0.722. The molecule has 4 rings (SSSR count). The van der Waals surface area contributed by atoms with Crippen molar-refractivity contribution >= 4 is 28.3 Å². The van der Waals surface area contributed by atoms with Gasteiger partial charge in [0.05, 0.1) is 28.6 Å². The number of hydrogen-bond acceptors (Lipinski definition) is 5. The second kappa shape index (κ2) is 8.45. The molecular weight excluding hydrogens is 366 g/mol. The van der Waals surface area contributed by atoms with Crippen LogP contribution in [0.1, 0.15) is 6.92 Å². The first-order chi connectivity index (χ1) is 14.2. The molecule has 2 aromatic carbocycles. The van der Waals surface area contributed by atoms with Crippen molar-refractivity contribution in [1.29, 1.82) is 0 Å². The van der Waals surface area contributed by atoms with Crippen LogP contribution in [0.15, 0.2) is 59.5 Å². The number of fused-ring (bicyclic) bond motifs is 1. The number of likely N-dealkylation sites (N-methyl/N-ethyl adjacent to an activating group) is 1. The molecule has 0 spiro atoms. The van der Waals surface area contributed by atoms with Crippen LogP contribution in [0, 0.1) is 0 Å². The molecule has 0 atom stereocenters. The molecule has 7 heteroatoms. The van der Waals surface area contributed by atoms with Crippen LogP contribution in [0.5, 0.6) is 0 Å². The van der Waals surface area contributed by atoms with Gasteiger partial charge in [-0.15, -0.1) is 0 Å². The Labute approximate surface area is 169 Å². The lowest BCUT2D eigenvalue weighted by Crippen LogP contribution is -2.46. The number of para-hydroxylation sites is 4. The molecule has 150 valence electrons. The smallest absolute Gasteiger partial charge is 0.269 e. The maximum Gasteiger partial charge on any atom is 0.269 e. The Morgan fingerprint density at radius 3 is 2.55 bits per heavy atom. The molecule has 3 aromatic rings. The highest BCUT2D eigenvalue weighted by Crippen LogP contribution is 2.26. The van der Waals surface area contributed by atoms with E-state index in [-0.39, 0.29) is 18.0 Å². The number of anilines is 2. The topological polar surface area (TPSA) is 70.5 Å². The van der Waals surface area contributed by atoms with Crippen LogP contribution in [0.4, 0.5) is 11.4 Å². The van der Waals surface area contributed by atoms with Crippen LogP contribution >= 0.6 is 0 Å². The number of nitrogens with one attached hydrogen (secondary N) is 1. The number of rotatable bonds is 5. The normalized spacial score (nSPS) is 14.9. The molecule has 1 aliphatic rings. The molecule has 0 aliphatic carbocycles. The summed E-state index contributed by atoms with van der Waals surface area (Å²) in [6.45, 7) is 7.05. The third-order valence-electron chi connectivity index (χ3n) is 5.39. The van der Waals surface area contributed by atoms with E-state index in [1.54, 1.807) is 6.07 Å². The molecule has 1 N–H and O–H groups in total. The maximum atomic E-state index is 12.8. The molecular formula is C22H25N5O2. The van der Waals surface area contributed by atoms with Crippen molar-refractivity contribution in [2.24, 2.45) is 0 Å². The fourth-order valence-corrected chi connectivity index (χ4v) is 3.77. The molecule has 0 radical (unpaired) electrons. The predicted octanol–water partition coefficient (Wildman–Crippen LogP) is 2.18. The van der Waals surface area contributed by atoms with Crippen LogP contribution in [0.25, 0.3) is 11.0 Å². The van der Waals surface area contributed by atoms with Crippen LogP contribution in [-0.2, 0) is 11.3 Å². The van der Waals surface area contributed by atoms with Gasteiger partial charge in [0.2, 0.25) is 5.91 Å². The predicted molar refractivity (Wildman–Crippen MR) is 115 cm³/mol. The van der Waals surface area contributed by atoms with Crippen molar-refractivity contribution in [1.82, 2.24) is 14.5 Å². The van der Waals surface area contributed by atoms with E-state index in [2.05, 4.69) is 27.0 Å². The number of hydrogen-bond donors (Lipinski definition) is 1. The minimum absolute atomic E-state index is 0.0557. The number of benzene rings is 2. The molecule has 1 amide bonds. The zero-order valence-electron chi connectivity index (χ0n) is 16.5. The van der Waals surface area contributed by atoms with Crippen molar-refractivity contribution in [3.63, 3.8) is 0 Å². The van der Waals surface area contributed by atoms with Crippen molar-refractivity contribution in [3.05, 3.63) is 65.1 Å². The van der Waals surface area contributed by atoms with E-state index in [4.69, 9.17) is 0 Å². The van der Waals surface area contributed by atoms with Gasteiger partial charge in [0.15, 0.2) is 0 Å². The van der Waals surface area contributed by atoms with E-state index in [0.717, 1.165) is 44.1 Å². The van der Waals surface area contributed by atoms with Crippen LogP contribution < -0.4 is 15.8 Å². The van der Waals surface area contributed by atoms with Crippen molar-refractivity contribution in [2.75, 3.05) is 42.9 Å².